The highest BCUT2D eigenvalue weighted by atomic mass is 16.8. The Morgan fingerprint density at radius 1 is 1.12 bits per heavy atom. The number of ether oxygens (including phenoxy) is 3. The van der Waals surface area contributed by atoms with Crippen LogP contribution in [0.1, 0.15) is 24.0 Å². The van der Waals surface area contributed by atoms with E-state index in [9.17, 15) is 19.5 Å². The van der Waals surface area contributed by atoms with Crippen molar-refractivity contribution in [3.8, 4) is 0 Å². The molecule has 0 aromatic heterocycles. The van der Waals surface area contributed by atoms with Gasteiger partial charge in [-0.3, -0.25) is 9.69 Å². The van der Waals surface area contributed by atoms with Crippen molar-refractivity contribution in [2.75, 3.05) is 0 Å². The molecule has 4 rings (SSSR count). The van der Waals surface area contributed by atoms with E-state index < -0.39 is 24.1 Å². The predicted molar refractivity (Wildman–Crippen MR) is 113 cm³/mol. The Hall–Kier alpha value is -4.07. The second-order valence-corrected chi connectivity index (χ2v) is 7.32. The second kappa shape index (κ2) is 8.97. The summed E-state index contributed by atoms with van der Waals surface area (Å²) in [4.78, 5) is 37.6. The van der Waals surface area contributed by atoms with Crippen molar-refractivity contribution >= 4 is 24.1 Å². The lowest BCUT2D eigenvalue weighted by molar-refractivity contribution is -0.180. The molecule has 8 heteroatoms. The second-order valence-electron chi connectivity index (χ2n) is 7.32. The number of benzene rings is 2. The molecule has 1 amide bonds. The van der Waals surface area contributed by atoms with Gasteiger partial charge in [-0.15, -0.1) is 0 Å². The zero-order chi connectivity index (χ0) is 22.6. The third kappa shape index (κ3) is 4.34. The number of carboxylic acids is 1. The van der Waals surface area contributed by atoms with Crippen molar-refractivity contribution in [2.24, 2.45) is 0 Å². The number of hydrogen-bond acceptors (Lipinski definition) is 6. The van der Waals surface area contributed by atoms with E-state index in [0.29, 0.717) is 0 Å². The van der Waals surface area contributed by atoms with Crippen LogP contribution < -0.4 is 0 Å². The molecule has 2 saturated heterocycles. The Labute approximate surface area is 184 Å². The van der Waals surface area contributed by atoms with Gasteiger partial charge >= 0.3 is 12.1 Å². The van der Waals surface area contributed by atoms with Gasteiger partial charge in [0.25, 0.3) is 5.72 Å². The van der Waals surface area contributed by atoms with Crippen LogP contribution in [0.2, 0.25) is 0 Å². The predicted octanol–water partition coefficient (Wildman–Crippen LogP) is 3.70. The highest BCUT2D eigenvalue weighted by molar-refractivity contribution is 5.87. The van der Waals surface area contributed by atoms with Crippen LogP contribution in [0.15, 0.2) is 78.6 Å². The van der Waals surface area contributed by atoms with Gasteiger partial charge in [0, 0.05) is 6.42 Å². The maximum atomic E-state index is 12.6. The van der Waals surface area contributed by atoms with E-state index in [4.69, 9.17) is 14.2 Å². The number of nitrogens with zero attached hydrogens (tertiary/aromatic N) is 1. The van der Waals surface area contributed by atoms with E-state index >= 15 is 0 Å². The monoisotopic (exact) mass is 435 g/mol. The number of β-lactam (4-membered cyclic amide) rings is 1. The van der Waals surface area contributed by atoms with Crippen molar-refractivity contribution in [1.82, 2.24) is 4.90 Å². The molecule has 2 heterocycles. The first kappa shape index (κ1) is 21.2. The molecule has 2 aromatic carbocycles. The topological polar surface area (TPSA) is 102 Å². The molecule has 1 N–H and O–H groups in total. The van der Waals surface area contributed by atoms with Crippen molar-refractivity contribution in [3.05, 3.63) is 89.7 Å². The molecule has 0 radical (unpaired) electrons. The average Bonchev–Trinajstić information content (AvgIpc) is 3.00. The van der Waals surface area contributed by atoms with Gasteiger partial charge in [-0.1, -0.05) is 72.8 Å². The van der Waals surface area contributed by atoms with Crippen LogP contribution in [0.5, 0.6) is 0 Å². The van der Waals surface area contributed by atoms with Gasteiger partial charge in [0.2, 0.25) is 5.91 Å². The van der Waals surface area contributed by atoms with Gasteiger partial charge in [-0.25, -0.2) is 9.59 Å². The molecule has 0 bridgehead atoms. The summed E-state index contributed by atoms with van der Waals surface area (Å²) in [7, 11) is 0. The molecule has 0 spiro atoms. The van der Waals surface area contributed by atoms with Crippen molar-refractivity contribution in [3.63, 3.8) is 0 Å². The fraction of sp³-hybridized carbons (Fsp3) is 0.208. The Bertz CT molecular complexity index is 1060. The van der Waals surface area contributed by atoms with Crippen molar-refractivity contribution < 1.29 is 33.7 Å². The van der Waals surface area contributed by atoms with Crippen molar-refractivity contribution in [1.29, 1.82) is 0 Å². The van der Waals surface area contributed by atoms with Crippen LogP contribution >= 0.6 is 0 Å². The largest absolute Gasteiger partial charge is 0.511 e. The highest BCUT2D eigenvalue weighted by Gasteiger charge is 2.63. The van der Waals surface area contributed by atoms with Crippen LogP contribution in [-0.2, 0) is 30.4 Å². The SMILES string of the molecule is O=C(O)C=C1O[C@@H]2CC(=O)N2C1(CC=Cc1ccccc1)OC(=O)OCc1ccccc1. The lowest BCUT2D eigenvalue weighted by Crippen LogP contribution is -2.60. The summed E-state index contributed by atoms with van der Waals surface area (Å²) in [5.41, 5.74) is -0.0925. The lowest BCUT2D eigenvalue weighted by Gasteiger charge is -2.41. The molecule has 2 aromatic rings. The van der Waals surface area contributed by atoms with E-state index in [1.54, 1.807) is 24.3 Å². The molecule has 164 valence electrons. The van der Waals surface area contributed by atoms with Crippen LogP contribution in [-0.4, -0.2) is 40.0 Å². The minimum atomic E-state index is -1.74. The smallest absolute Gasteiger partial charge is 0.478 e. The maximum absolute atomic E-state index is 12.6. The summed E-state index contributed by atoms with van der Waals surface area (Å²) < 4.78 is 16.5. The van der Waals surface area contributed by atoms with Crippen LogP contribution in [0.25, 0.3) is 6.08 Å². The fourth-order valence-corrected chi connectivity index (χ4v) is 3.67. The number of carbonyl (C=O) groups is 3. The third-order valence-corrected chi connectivity index (χ3v) is 5.15. The molecule has 0 aliphatic carbocycles. The van der Waals surface area contributed by atoms with Gasteiger partial charge in [-0.2, -0.15) is 0 Å². The Morgan fingerprint density at radius 3 is 2.47 bits per heavy atom. The first-order valence-electron chi connectivity index (χ1n) is 10.0. The molecule has 2 aliphatic heterocycles. The van der Waals surface area contributed by atoms with E-state index in [0.717, 1.165) is 17.2 Å². The molecule has 2 fully saturated rings. The Balaban J connectivity index is 1.59. The third-order valence-electron chi connectivity index (χ3n) is 5.15. The molecule has 32 heavy (non-hydrogen) atoms. The summed E-state index contributed by atoms with van der Waals surface area (Å²) in [6.45, 7) is -0.0359. The van der Waals surface area contributed by atoms with Gasteiger partial charge in [0.05, 0.1) is 12.5 Å². The Morgan fingerprint density at radius 2 is 1.81 bits per heavy atom. The van der Waals surface area contributed by atoms with Crippen molar-refractivity contribution in [2.45, 2.75) is 31.4 Å². The summed E-state index contributed by atoms with van der Waals surface area (Å²) in [5.74, 6) is -1.73. The number of rotatable bonds is 7. The molecule has 2 atom stereocenters. The van der Waals surface area contributed by atoms with Gasteiger partial charge < -0.3 is 19.3 Å². The summed E-state index contributed by atoms with van der Waals surface area (Å²) in [5, 5.41) is 9.30. The highest BCUT2D eigenvalue weighted by Crippen LogP contribution is 2.47. The standard InChI is InChI=1S/C24H21NO7/c26-20-15-21-25(20)24(19(31-21)14-22(27)28,13-7-12-17-8-3-1-4-9-17)32-23(29)30-16-18-10-5-2-6-11-18/h1-12,14,21H,13,15-16H2,(H,27,28)/t21-,24?/m1/s1. The summed E-state index contributed by atoms with van der Waals surface area (Å²) >= 11 is 0. The molecular weight excluding hydrogens is 414 g/mol. The van der Waals surface area contributed by atoms with E-state index in [1.807, 2.05) is 48.5 Å². The number of carbonyl (C=O) groups excluding carboxylic acids is 2. The number of amides is 1. The average molecular weight is 435 g/mol. The Kier molecular flexibility index (Phi) is 5.93. The van der Waals surface area contributed by atoms with Crippen LogP contribution in [0, 0.1) is 0 Å². The zero-order valence-electron chi connectivity index (χ0n) is 17.0. The van der Waals surface area contributed by atoms with Crippen LogP contribution in [0.4, 0.5) is 4.79 Å². The van der Waals surface area contributed by atoms with Gasteiger partial charge in [0.15, 0.2) is 12.0 Å². The van der Waals surface area contributed by atoms with Gasteiger partial charge in [0.1, 0.15) is 6.61 Å². The summed E-state index contributed by atoms with van der Waals surface area (Å²) in [6.07, 6.45) is 2.63. The number of hydrogen-bond donors (Lipinski definition) is 1. The minimum absolute atomic E-state index is 0.0102. The molecule has 1 unspecified atom stereocenters. The normalized spacial score (nSPS) is 22.9. The van der Waals surface area contributed by atoms with Crippen LogP contribution in [0.3, 0.4) is 0 Å². The number of fused-ring (bicyclic) bond motifs is 1. The maximum Gasteiger partial charge on any atom is 0.511 e. The minimum Gasteiger partial charge on any atom is -0.478 e. The molecule has 8 nitrogen and oxygen atoms in total. The number of carboxylic acid groups (broad SMARTS) is 1. The fourth-order valence-electron chi connectivity index (χ4n) is 3.67. The summed E-state index contributed by atoms with van der Waals surface area (Å²) in [6, 6.07) is 18.4. The zero-order valence-corrected chi connectivity index (χ0v) is 17.0. The molecular formula is C24H21NO7. The lowest BCUT2D eigenvalue weighted by atomic mass is 10.00. The molecule has 0 saturated carbocycles. The first-order chi connectivity index (χ1) is 15.5. The van der Waals surface area contributed by atoms with E-state index in [2.05, 4.69) is 0 Å². The first-order valence-corrected chi connectivity index (χ1v) is 10.0. The van der Waals surface area contributed by atoms with Gasteiger partial charge in [-0.05, 0) is 11.1 Å². The van der Waals surface area contributed by atoms with E-state index in [1.165, 1.54) is 4.90 Å². The molecule has 2 aliphatic rings. The number of aliphatic carboxylic acids is 1. The van der Waals surface area contributed by atoms with E-state index in [-0.39, 0.29) is 31.1 Å². The quantitative estimate of drug-likeness (QED) is 0.402.